The van der Waals surface area contributed by atoms with Gasteiger partial charge >= 0.3 is 10.4 Å². The van der Waals surface area contributed by atoms with Gasteiger partial charge < -0.3 is 20.4 Å². The largest absolute Gasteiger partial charge is 0.481 e. The molecule has 0 aromatic carbocycles. The number of aliphatic carboxylic acids is 4. The van der Waals surface area contributed by atoms with Crippen molar-refractivity contribution in [1.82, 2.24) is 0 Å². The molecule has 0 aliphatic heterocycles. The van der Waals surface area contributed by atoms with E-state index in [2.05, 4.69) is 0 Å². The first-order chi connectivity index (χ1) is 8.93. The fourth-order valence-electron chi connectivity index (χ4n) is 0. The Bertz CT molecular complexity index is 333. The van der Waals surface area contributed by atoms with Gasteiger partial charge in [-0.15, -0.1) is 34.0 Å². The van der Waals surface area contributed by atoms with Gasteiger partial charge in [0.1, 0.15) is 0 Å². The molecule has 0 atom stereocenters. The lowest BCUT2D eigenvalue weighted by Gasteiger charge is -1.68. The van der Waals surface area contributed by atoms with Gasteiger partial charge in [0, 0.05) is 27.7 Å². The second kappa shape index (κ2) is 28.8. The third-order valence-corrected chi connectivity index (χ3v) is 0. The van der Waals surface area contributed by atoms with E-state index in [4.69, 9.17) is 57.1 Å². The molecule has 6 N–H and O–H groups in total. The van der Waals surface area contributed by atoms with Crippen LogP contribution in [0.5, 0.6) is 0 Å². The van der Waals surface area contributed by atoms with E-state index in [0.29, 0.717) is 0 Å². The van der Waals surface area contributed by atoms with Crippen molar-refractivity contribution < 1.29 is 57.1 Å². The minimum absolute atomic E-state index is 0. The molecule has 12 nitrogen and oxygen atoms in total. The molecule has 0 amide bonds. The Hall–Kier alpha value is -1.29. The van der Waals surface area contributed by atoms with E-state index in [-0.39, 0.29) is 34.0 Å². The molecular formula is C8H20Br2O12S. The quantitative estimate of drug-likeness (QED) is 0.255. The number of hydrogen-bond acceptors (Lipinski definition) is 6. The van der Waals surface area contributed by atoms with E-state index in [1.54, 1.807) is 0 Å². The second-order valence-electron chi connectivity index (χ2n) is 2.52. The Labute approximate surface area is 153 Å². The first-order valence-electron chi connectivity index (χ1n) is 4.41. The van der Waals surface area contributed by atoms with Crippen molar-refractivity contribution in [2.24, 2.45) is 0 Å². The summed E-state index contributed by atoms with van der Waals surface area (Å²) in [5.41, 5.74) is 0. The van der Waals surface area contributed by atoms with E-state index < -0.39 is 34.3 Å². The molecule has 0 bridgehead atoms. The number of rotatable bonds is 0. The molecule has 0 spiro atoms. The third kappa shape index (κ3) is 4360. The number of halogens is 2. The fourth-order valence-corrected chi connectivity index (χ4v) is 0. The molecule has 23 heavy (non-hydrogen) atoms. The highest BCUT2D eigenvalue weighted by molar-refractivity contribution is 8.93. The van der Waals surface area contributed by atoms with Crippen LogP contribution in [0.3, 0.4) is 0 Å². The summed E-state index contributed by atoms with van der Waals surface area (Å²) in [6.07, 6.45) is 0. The lowest BCUT2D eigenvalue weighted by Crippen LogP contribution is -1.89. The Balaban J connectivity index is -0.0000000273. The topological polar surface area (TPSA) is 224 Å². The monoisotopic (exact) mass is 498 g/mol. The Morgan fingerprint density at radius 3 is 0.565 bits per heavy atom. The normalized spacial score (nSPS) is 6.87. The van der Waals surface area contributed by atoms with Crippen molar-refractivity contribution >= 4 is 68.2 Å². The van der Waals surface area contributed by atoms with Crippen molar-refractivity contribution in [3.8, 4) is 0 Å². The van der Waals surface area contributed by atoms with Gasteiger partial charge in [-0.3, -0.25) is 28.3 Å². The average molecular weight is 500 g/mol. The Morgan fingerprint density at radius 2 is 0.565 bits per heavy atom. The fraction of sp³-hybridized carbons (Fsp3) is 0.500. The van der Waals surface area contributed by atoms with E-state index in [9.17, 15) is 0 Å². The van der Waals surface area contributed by atoms with Crippen molar-refractivity contribution in [3.63, 3.8) is 0 Å². The number of hydrogen-bond donors (Lipinski definition) is 6. The van der Waals surface area contributed by atoms with Crippen molar-refractivity contribution in [3.05, 3.63) is 0 Å². The first-order valence-corrected chi connectivity index (χ1v) is 5.81. The molecule has 0 aromatic heterocycles. The summed E-state index contributed by atoms with van der Waals surface area (Å²) in [4.78, 5) is 36.0. The summed E-state index contributed by atoms with van der Waals surface area (Å²) >= 11 is 0. The van der Waals surface area contributed by atoms with Crippen LogP contribution >= 0.6 is 34.0 Å². The molecule has 0 aliphatic carbocycles. The Morgan fingerprint density at radius 1 is 0.565 bits per heavy atom. The molecule has 15 heteroatoms. The highest BCUT2D eigenvalue weighted by atomic mass is 79.9. The Kier molecular flexibility index (Phi) is 53.9. The summed E-state index contributed by atoms with van der Waals surface area (Å²) in [6, 6.07) is 0. The maximum atomic E-state index is 9.00. The average Bonchev–Trinajstić information content (AvgIpc) is 1.91. The zero-order chi connectivity index (χ0) is 18.8. The van der Waals surface area contributed by atoms with Gasteiger partial charge in [-0.2, -0.15) is 8.42 Å². The van der Waals surface area contributed by atoms with E-state index in [0.717, 1.165) is 27.7 Å². The third-order valence-electron chi connectivity index (χ3n) is 0. The predicted octanol–water partition coefficient (Wildman–Crippen LogP) is 0.867. The zero-order valence-corrected chi connectivity index (χ0v) is 16.6. The van der Waals surface area contributed by atoms with Crippen LogP contribution in [0.2, 0.25) is 0 Å². The number of carboxylic acids is 4. The van der Waals surface area contributed by atoms with Gasteiger partial charge in [-0.25, -0.2) is 0 Å². The maximum Gasteiger partial charge on any atom is 0.394 e. The van der Waals surface area contributed by atoms with Crippen LogP contribution in [0, 0.1) is 0 Å². The molecule has 0 fully saturated rings. The standard InChI is InChI=1S/4C2H4O2.2BrH.H2O4S/c4*1-2(3)4;;;1-5(2,3)4/h4*1H3,(H,3,4);2*1H;(H2,1,2,3,4). The van der Waals surface area contributed by atoms with E-state index in [1.165, 1.54) is 0 Å². The van der Waals surface area contributed by atoms with Gasteiger partial charge in [0.05, 0.1) is 0 Å². The van der Waals surface area contributed by atoms with Crippen molar-refractivity contribution in [2.45, 2.75) is 27.7 Å². The minimum Gasteiger partial charge on any atom is -0.481 e. The van der Waals surface area contributed by atoms with Gasteiger partial charge in [0.15, 0.2) is 0 Å². The lowest BCUT2D eigenvalue weighted by molar-refractivity contribution is -0.135. The second-order valence-corrected chi connectivity index (χ2v) is 3.42. The summed E-state index contributed by atoms with van der Waals surface area (Å²) < 4.78 is 31.6. The molecular weight excluding hydrogens is 480 g/mol. The molecule has 0 aliphatic rings. The molecule has 0 unspecified atom stereocenters. The molecule has 0 aromatic rings. The number of carboxylic acid groups (broad SMARTS) is 4. The van der Waals surface area contributed by atoms with Crippen LogP contribution in [0.4, 0.5) is 0 Å². The van der Waals surface area contributed by atoms with Crippen LogP contribution in [0.15, 0.2) is 0 Å². The molecule has 144 valence electrons. The van der Waals surface area contributed by atoms with E-state index in [1.807, 2.05) is 0 Å². The molecule has 0 heterocycles. The van der Waals surface area contributed by atoms with Gasteiger partial charge in [0.2, 0.25) is 0 Å². The molecule has 0 radical (unpaired) electrons. The maximum absolute atomic E-state index is 9.00. The summed E-state index contributed by atoms with van der Waals surface area (Å²) in [6.45, 7) is 4.33. The van der Waals surface area contributed by atoms with Gasteiger partial charge in [0.25, 0.3) is 23.9 Å². The van der Waals surface area contributed by atoms with Crippen LogP contribution in [0.25, 0.3) is 0 Å². The minimum atomic E-state index is -4.67. The molecule has 0 saturated carbocycles. The number of carbonyl (C=O) groups is 4. The van der Waals surface area contributed by atoms with Crippen LogP contribution in [-0.2, 0) is 29.6 Å². The highest BCUT2D eigenvalue weighted by Crippen LogP contribution is 1.59. The van der Waals surface area contributed by atoms with Crippen molar-refractivity contribution in [1.29, 1.82) is 0 Å². The SMILES string of the molecule is Br.Br.CC(=O)O.CC(=O)O.CC(=O)O.CC(=O)O.O=S(=O)(O)O. The van der Waals surface area contributed by atoms with Crippen molar-refractivity contribution in [2.75, 3.05) is 0 Å². The summed E-state index contributed by atoms with van der Waals surface area (Å²) in [5, 5.41) is 29.7. The lowest BCUT2D eigenvalue weighted by atomic mass is 10.9. The summed E-state index contributed by atoms with van der Waals surface area (Å²) in [7, 11) is -4.67. The zero-order valence-electron chi connectivity index (χ0n) is 12.4. The van der Waals surface area contributed by atoms with Crippen LogP contribution in [-0.4, -0.2) is 61.8 Å². The van der Waals surface area contributed by atoms with E-state index >= 15 is 0 Å². The smallest absolute Gasteiger partial charge is 0.394 e. The molecule has 0 rings (SSSR count). The van der Waals surface area contributed by atoms with Gasteiger partial charge in [-0.05, 0) is 0 Å². The van der Waals surface area contributed by atoms with Crippen LogP contribution in [0.1, 0.15) is 27.7 Å². The van der Waals surface area contributed by atoms with Gasteiger partial charge in [-0.1, -0.05) is 0 Å². The van der Waals surface area contributed by atoms with Crippen LogP contribution < -0.4 is 0 Å². The molecule has 0 saturated heterocycles. The highest BCUT2D eigenvalue weighted by Gasteiger charge is 1.84. The first kappa shape index (κ1) is 43.0. The predicted molar refractivity (Wildman–Crippen MR) is 88.1 cm³/mol. The summed E-state index contributed by atoms with van der Waals surface area (Å²) in [5.74, 6) is -3.33.